The molecule has 0 bridgehead atoms. The maximum absolute atomic E-state index is 10.8. The average molecular weight is 247 g/mol. The van der Waals surface area contributed by atoms with Crippen LogP contribution in [-0.4, -0.2) is 28.7 Å². The number of benzene rings is 1. The Morgan fingerprint density at radius 2 is 1.78 bits per heavy atom. The molecule has 0 unspecified atom stereocenters. The quantitative estimate of drug-likeness (QED) is 0.471. The standard InChI is InChI=1S/C11H9N3O4/c12-14-13-3-1-2-7-4-8(10(15)16)6-9(5-7)11(17)18/h1-2,4-6H,3H2,(H,15,16)(H,17,18). The number of azide groups is 1. The summed E-state index contributed by atoms with van der Waals surface area (Å²) in [5.74, 6) is -2.41. The second-order valence-electron chi connectivity index (χ2n) is 3.27. The van der Waals surface area contributed by atoms with Crippen LogP contribution < -0.4 is 0 Å². The molecule has 92 valence electrons. The van der Waals surface area contributed by atoms with Gasteiger partial charge in [0.1, 0.15) is 0 Å². The predicted octanol–water partition coefficient (Wildman–Crippen LogP) is 2.41. The molecule has 7 heteroatoms. The lowest BCUT2D eigenvalue weighted by Gasteiger charge is -2.01. The molecule has 7 nitrogen and oxygen atoms in total. The second kappa shape index (κ2) is 6.07. The summed E-state index contributed by atoms with van der Waals surface area (Å²) in [6.45, 7) is 0.107. The van der Waals surface area contributed by atoms with Crippen molar-refractivity contribution in [3.63, 3.8) is 0 Å². The first-order valence-electron chi connectivity index (χ1n) is 4.83. The second-order valence-corrected chi connectivity index (χ2v) is 3.27. The lowest BCUT2D eigenvalue weighted by Crippen LogP contribution is -2.02. The van der Waals surface area contributed by atoms with Crippen molar-refractivity contribution < 1.29 is 19.8 Å². The van der Waals surface area contributed by atoms with Crippen LogP contribution in [-0.2, 0) is 0 Å². The van der Waals surface area contributed by atoms with E-state index in [-0.39, 0.29) is 17.7 Å². The van der Waals surface area contributed by atoms with Gasteiger partial charge in [0.25, 0.3) is 0 Å². The Kier molecular flexibility index (Phi) is 4.48. The molecule has 0 heterocycles. The predicted molar refractivity (Wildman–Crippen MR) is 63.4 cm³/mol. The summed E-state index contributed by atoms with van der Waals surface area (Å²) in [4.78, 5) is 24.2. The molecule has 0 spiro atoms. The Bertz CT molecular complexity index is 527. The molecule has 1 aromatic carbocycles. The third-order valence-corrected chi connectivity index (χ3v) is 2.01. The van der Waals surface area contributed by atoms with Crippen molar-refractivity contribution in [2.24, 2.45) is 5.11 Å². The van der Waals surface area contributed by atoms with Gasteiger partial charge in [-0.3, -0.25) is 0 Å². The number of carboxylic acids is 2. The monoisotopic (exact) mass is 247 g/mol. The number of nitrogens with zero attached hydrogens (tertiary/aromatic N) is 3. The summed E-state index contributed by atoms with van der Waals surface area (Å²) in [7, 11) is 0. The number of carbonyl (C=O) groups is 2. The van der Waals surface area contributed by atoms with E-state index in [0.29, 0.717) is 5.56 Å². The van der Waals surface area contributed by atoms with E-state index in [1.54, 1.807) is 0 Å². The van der Waals surface area contributed by atoms with Gasteiger partial charge in [0, 0.05) is 11.5 Å². The van der Waals surface area contributed by atoms with E-state index in [4.69, 9.17) is 15.7 Å². The Morgan fingerprint density at radius 3 is 2.22 bits per heavy atom. The van der Waals surface area contributed by atoms with Gasteiger partial charge in [-0.1, -0.05) is 17.3 Å². The smallest absolute Gasteiger partial charge is 0.335 e. The molecular formula is C11H9N3O4. The first-order chi connectivity index (χ1) is 8.54. The summed E-state index contributed by atoms with van der Waals surface area (Å²) in [6.07, 6.45) is 3.00. The van der Waals surface area contributed by atoms with Crippen LogP contribution in [0.25, 0.3) is 16.5 Å². The molecule has 0 aliphatic carbocycles. The lowest BCUT2D eigenvalue weighted by atomic mass is 10.1. The van der Waals surface area contributed by atoms with Gasteiger partial charge >= 0.3 is 11.9 Å². The molecule has 0 fully saturated rings. The molecule has 0 atom stereocenters. The van der Waals surface area contributed by atoms with Gasteiger partial charge < -0.3 is 10.2 Å². The van der Waals surface area contributed by atoms with Crippen LogP contribution in [0.3, 0.4) is 0 Å². The zero-order chi connectivity index (χ0) is 13.5. The first-order valence-corrected chi connectivity index (χ1v) is 4.83. The van der Waals surface area contributed by atoms with E-state index in [2.05, 4.69) is 10.0 Å². The fourth-order valence-electron chi connectivity index (χ4n) is 1.27. The molecule has 0 saturated carbocycles. The number of aromatic carboxylic acids is 2. The SMILES string of the molecule is [N-]=[N+]=NCC=Cc1cc(C(=O)O)cc(C(=O)O)c1. The minimum atomic E-state index is -1.21. The Balaban J connectivity index is 3.10. The van der Waals surface area contributed by atoms with E-state index >= 15 is 0 Å². The molecule has 0 aromatic heterocycles. The summed E-state index contributed by atoms with van der Waals surface area (Å²) in [5.41, 5.74) is 8.26. The van der Waals surface area contributed by atoms with E-state index in [9.17, 15) is 9.59 Å². The van der Waals surface area contributed by atoms with Gasteiger partial charge in [-0.25, -0.2) is 9.59 Å². The fraction of sp³-hybridized carbons (Fsp3) is 0.0909. The van der Waals surface area contributed by atoms with Gasteiger partial charge in [-0.2, -0.15) is 0 Å². The van der Waals surface area contributed by atoms with E-state index in [0.717, 1.165) is 6.07 Å². The Labute approximate surface area is 102 Å². The average Bonchev–Trinajstić information content (AvgIpc) is 2.34. The van der Waals surface area contributed by atoms with E-state index in [1.807, 2.05) is 0 Å². The topological polar surface area (TPSA) is 123 Å². The largest absolute Gasteiger partial charge is 0.478 e. The highest BCUT2D eigenvalue weighted by Gasteiger charge is 2.10. The molecule has 0 radical (unpaired) electrons. The maximum atomic E-state index is 10.8. The number of rotatable bonds is 5. The number of hydrogen-bond donors (Lipinski definition) is 2. The van der Waals surface area contributed by atoms with Gasteiger partial charge in [0.15, 0.2) is 0 Å². The number of hydrogen-bond acceptors (Lipinski definition) is 3. The van der Waals surface area contributed by atoms with Gasteiger partial charge in [0.2, 0.25) is 0 Å². The summed E-state index contributed by atoms with van der Waals surface area (Å²) >= 11 is 0. The highest BCUT2D eigenvalue weighted by atomic mass is 16.4. The van der Waals surface area contributed by atoms with Crippen LogP contribution in [0, 0.1) is 0 Å². The maximum Gasteiger partial charge on any atom is 0.335 e. The Hall–Kier alpha value is -2.79. The van der Waals surface area contributed by atoms with Gasteiger partial charge in [0.05, 0.1) is 11.1 Å². The summed E-state index contributed by atoms with van der Waals surface area (Å²) in [5, 5.41) is 20.9. The Morgan fingerprint density at radius 1 is 1.22 bits per heavy atom. The van der Waals surface area contributed by atoms with Crippen LogP contribution in [0.1, 0.15) is 26.3 Å². The van der Waals surface area contributed by atoms with Crippen LogP contribution in [0.15, 0.2) is 29.4 Å². The summed E-state index contributed by atoms with van der Waals surface area (Å²) < 4.78 is 0. The van der Waals surface area contributed by atoms with Crippen molar-refractivity contribution in [2.45, 2.75) is 0 Å². The zero-order valence-corrected chi connectivity index (χ0v) is 9.15. The zero-order valence-electron chi connectivity index (χ0n) is 9.15. The molecule has 2 N–H and O–H groups in total. The van der Waals surface area contributed by atoms with Gasteiger partial charge in [-0.05, 0) is 29.3 Å². The van der Waals surface area contributed by atoms with Crippen molar-refractivity contribution in [2.75, 3.05) is 6.54 Å². The van der Waals surface area contributed by atoms with Crippen molar-refractivity contribution in [1.29, 1.82) is 0 Å². The lowest BCUT2D eigenvalue weighted by molar-refractivity contribution is 0.0696. The molecular weight excluding hydrogens is 238 g/mol. The minimum Gasteiger partial charge on any atom is -0.478 e. The molecule has 0 aliphatic heterocycles. The van der Waals surface area contributed by atoms with Crippen molar-refractivity contribution in [1.82, 2.24) is 0 Å². The molecule has 0 amide bonds. The van der Waals surface area contributed by atoms with Crippen LogP contribution >= 0.6 is 0 Å². The molecule has 1 rings (SSSR count). The van der Waals surface area contributed by atoms with E-state index < -0.39 is 11.9 Å². The normalized spacial score (nSPS) is 10.0. The van der Waals surface area contributed by atoms with E-state index in [1.165, 1.54) is 24.3 Å². The van der Waals surface area contributed by atoms with Crippen LogP contribution in [0.4, 0.5) is 0 Å². The number of carboxylic acid groups (broad SMARTS) is 2. The minimum absolute atomic E-state index is 0.107. The summed E-state index contributed by atoms with van der Waals surface area (Å²) in [6, 6.07) is 3.75. The molecule has 18 heavy (non-hydrogen) atoms. The van der Waals surface area contributed by atoms with Gasteiger partial charge in [-0.15, -0.1) is 0 Å². The van der Waals surface area contributed by atoms with Crippen molar-refractivity contribution in [3.8, 4) is 0 Å². The first kappa shape index (κ1) is 13.3. The van der Waals surface area contributed by atoms with Crippen LogP contribution in [0.2, 0.25) is 0 Å². The van der Waals surface area contributed by atoms with Crippen LogP contribution in [0.5, 0.6) is 0 Å². The molecule has 0 aliphatic rings. The molecule has 0 saturated heterocycles. The highest BCUT2D eigenvalue weighted by molar-refractivity contribution is 5.94. The van der Waals surface area contributed by atoms with Crippen molar-refractivity contribution in [3.05, 3.63) is 51.4 Å². The fourth-order valence-corrected chi connectivity index (χ4v) is 1.27. The third-order valence-electron chi connectivity index (χ3n) is 2.01. The highest BCUT2D eigenvalue weighted by Crippen LogP contribution is 2.12. The third kappa shape index (κ3) is 3.66. The molecule has 1 aromatic rings. The van der Waals surface area contributed by atoms with Crippen molar-refractivity contribution >= 4 is 18.0 Å².